The van der Waals surface area contributed by atoms with Crippen molar-refractivity contribution in [3.63, 3.8) is 0 Å². The molecule has 1 fully saturated rings. The molecule has 0 aromatic heterocycles. The highest BCUT2D eigenvalue weighted by atomic mass is 16.5. The highest BCUT2D eigenvalue weighted by Gasteiger charge is 2.35. The first kappa shape index (κ1) is 24.8. The van der Waals surface area contributed by atoms with Gasteiger partial charge in [0.15, 0.2) is 0 Å². The van der Waals surface area contributed by atoms with Crippen LogP contribution in [-0.2, 0) is 14.3 Å². The number of nitrogens with zero attached hydrogens (tertiary/aromatic N) is 1. The summed E-state index contributed by atoms with van der Waals surface area (Å²) in [6, 6.07) is 16.4. The largest absolute Gasteiger partial charge is 0.480 e. The zero-order valence-corrected chi connectivity index (χ0v) is 20.2. The van der Waals surface area contributed by atoms with Crippen LogP contribution in [0.2, 0.25) is 0 Å². The number of nitrogens with one attached hydrogen (secondary N) is 1. The summed E-state index contributed by atoms with van der Waals surface area (Å²) in [7, 11) is 0. The van der Waals surface area contributed by atoms with Gasteiger partial charge in [-0.05, 0) is 47.4 Å². The number of carboxylic acids is 1. The maximum absolute atomic E-state index is 13.1. The lowest BCUT2D eigenvalue weighted by Gasteiger charge is -2.34. The SMILES string of the molecule is CCCN(CC(=O)O)C(=O)C1CCCCC1CNC(=O)OCC1c2ccccc2-c2ccccc21. The zero-order chi connectivity index (χ0) is 24.8. The molecule has 0 bridgehead atoms. The number of carbonyl (C=O) groups is 3. The van der Waals surface area contributed by atoms with Crippen LogP contribution in [-0.4, -0.2) is 54.2 Å². The van der Waals surface area contributed by atoms with E-state index in [0.717, 1.165) is 36.8 Å². The Kier molecular flexibility index (Phi) is 8.06. The molecule has 2 aliphatic rings. The first-order valence-corrected chi connectivity index (χ1v) is 12.6. The van der Waals surface area contributed by atoms with Crippen molar-refractivity contribution >= 4 is 18.0 Å². The van der Waals surface area contributed by atoms with Crippen molar-refractivity contribution in [2.24, 2.45) is 11.8 Å². The van der Waals surface area contributed by atoms with Crippen molar-refractivity contribution in [2.75, 3.05) is 26.2 Å². The molecule has 0 saturated heterocycles. The molecule has 0 radical (unpaired) electrons. The Morgan fingerprint density at radius 3 is 2.26 bits per heavy atom. The van der Waals surface area contributed by atoms with Gasteiger partial charge in [0.2, 0.25) is 5.91 Å². The van der Waals surface area contributed by atoms with Crippen molar-refractivity contribution in [3.05, 3.63) is 59.7 Å². The second kappa shape index (κ2) is 11.4. The monoisotopic (exact) mass is 478 g/mol. The maximum Gasteiger partial charge on any atom is 0.407 e. The van der Waals surface area contributed by atoms with Crippen molar-refractivity contribution in [1.29, 1.82) is 0 Å². The molecule has 0 heterocycles. The van der Waals surface area contributed by atoms with Gasteiger partial charge in [-0.1, -0.05) is 68.3 Å². The summed E-state index contributed by atoms with van der Waals surface area (Å²) in [5.74, 6) is -1.42. The Bertz CT molecular complexity index is 1020. The number of carboxylic acid groups (broad SMARTS) is 1. The third-order valence-electron chi connectivity index (χ3n) is 7.21. The lowest BCUT2D eigenvalue weighted by atomic mass is 9.78. The van der Waals surface area contributed by atoms with Crippen LogP contribution in [0.15, 0.2) is 48.5 Å². The van der Waals surface area contributed by atoms with Gasteiger partial charge in [0.25, 0.3) is 0 Å². The predicted octanol–water partition coefficient (Wildman–Crippen LogP) is 4.65. The van der Waals surface area contributed by atoms with Crippen LogP contribution in [0.4, 0.5) is 4.79 Å². The Morgan fingerprint density at radius 2 is 1.63 bits per heavy atom. The molecule has 7 nitrogen and oxygen atoms in total. The van der Waals surface area contributed by atoms with E-state index in [4.69, 9.17) is 4.74 Å². The van der Waals surface area contributed by atoms with E-state index in [-0.39, 0.29) is 36.8 Å². The molecule has 0 spiro atoms. The van der Waals surface area contributed by atoms with Gasteiger partial charge >= 0.3 is 12.1 Å². The van der Waals surface area contributed by atoms with Gasteiger partial charge in [0, 0.05) is 24.9 Å². The summed E-state index contributed by atoms with van der Waals surface area (Å²) in [5.41, 5.74) is 4.68. The molecular weight excluding hydrogens is 444 g/mol. The summed E-state index contributed by atoms with van der Waals surface area (Å²) < 4.78 is 5.64. The first-order valence-electron chi connectivity index (χ1n) is 12.6. The van der Waals surface area contributed by atoms with Crippen LogP contribution in [0.5, 0.6) is 0 Å². The average molecular weight is 479 g/mol. The van der Waals surface area contributed by atoms with Crippen molar-refractivity contribution in [2.45, 2.75) is 44.9 Å². The van der Waals surface area contributed by atoms with Crippen molar-refractivity contribution < 1.29 is 24.2 Å². The third kappa shape index (κ3) is 5.66. The van der Waals surface area contributed by atoms with Crippen LogP contribution >= 0.6 is 0 Å². The standard InChI is InChI=1S/C28H34N2O5/c1-2-15-30(17-26(31)32)27(33)20-10-4-3-9-19(20)16-29-28(34)35-18-25-23-13-7-5-11-21(23)22-12-6-8-14-24(22)25/h5-8,11-14,19-20,25H,2-4,9-10,15-18H2,1H3,(H,29,34)(H,31,32). The number of rotatable bonds is 9. The van der Waals surface area contributed by atoms with Crippen molar-refractivity contribution in [3.8, 4) is 11.1 Å². The van der Waals surface area contributed by atoms with E-state index in [2.05, 4.69) is 29.6 Å². The van der Waals surface area contributed by atoms with E-state index in [1.54, 1.807) is 0 Å². The molecule has 2 N–H and O–H groups in total. The summed E-state index contributed by atoms with van der Waals surface area (Å²) >= 11 is 0. The number of fused-ring (bicyclic) bond motifs is 3. The summed E-state index contributed by atoms with van der Waals surface area (Å²) in [6.07, 6.45) is 3.69. The number of alkyl carbamates (subject to hydrolysis) is 1. The minimum absolute atomic E-state index is 0.00391. The number of hydrogen-bond donors (Lipinski definition) is 2. The maximum atomic E-state index is 13.1. The van der Waals surface area contributed by atoms with E-state index >= 15 is 0 Å². The van der Waals surface area contributed by atoms with E-state index in [1.165, 1.54) is 16.0 Å². The number of aliphatic carboxylic acids is 1. The Labute approximate surface area is 206 Å². The summed E-state index contributed by atoms with van der Waals surface area (Å²) in [5, 5.41) is 12.1. The first-order chi connectivity index (χ1) is 17.0. The normalized spacial score (nSPS) is 18.9. The van der Waals surface area contributed by atoms with Gasteiger partial charge in [-0.25, -0.2) is 4.79 Å². The second-order valence-electron chi connectivity index (χ2n) is 9.51. The molecule has 2 amide bonds. The smallest absolute Gasteiger partial charge is 0.407 e. The molecule has 2 aromatic carbocycles. The van der Waals surface area contributed by atoms with Crippen LogP contribution in [0.25, 0.3) is 11.1 Å². The molecule has 7 heteroatoms. The Hall–Kier alpha value is -3.35. The second-order valence-corrected chi connectivity index (χ2v) is 9.51. The van der Waals surface area contributed by atoms with Gasteiger partial charge in [0.05, 0.1) is 0 Å². The summed E-state index contributed by atoms with van der Waals surface area (Å²) in [6.45, 7) is 2.67. The average Bonchev–Trinajstić information content (AvgIpc) is 3.19. The molecule has 2 aromatic rings. The number of benzene rings is 2. The topological polar surface area (TPSA) is 95.9 Å². The minimum atomic E-state index is -1.00. The molecule has 186 valence electrons. The van der Waals surface area contributed by atoms with Gasteiger partial charge in [-0.3, -0.25) is 9.59 Å². The van der Waals surface area contributed by atoms with Gasteiger partial charge < -0.3 is 20.1 Å². The van der Waals surface area contributed by atoms with E-state index in [1.807, 2.05) is 31.2 Å². The fourth-order valence-electron chi connectivity index (χ4n) is 5.58. The predicted molar refractivity (Wildman–Crippen MR) is 133 cm³/mol. The van der Waals surface area contributed by atoms with Gasteiger partial charge in [-0.15, -0.1) is 0 Å². The molecule has 2 aliphatic carbocycles. The Balaban J connectivity index is 1.35. The number of ether oxygens (including phenoxy) is 1. The van der Waals surface area contributed by atoms with Gasteiger partial charge in [0.1, 0.15) is 13.2 Å². The lowest BCUT2D eigenvalue weighted by Crippen LogP contribution is -2.45. The highest BCUT2D eigenvalue weighted by Crippen LogP contribution is 2.44. The number of hydrogen-bond acceptors (Lipinski definition) is 4. The number of amides is 2. The fourth-order valence-corrected chi connectivity index (χ4v) is 5.58. The molecule has 0 aliphatic heterocycles. The fraction of sp³-hybridized carbons (Fsp3) is 0.464. The minimum Gasteiger partial charge on any atom is -0.480 e. The van der Waals surface area contributed by atoms with E-state index in [0.29, 0.717) is 19.5 Å². The molecular formula is C28H34N2O5. The van der Waals surface area contributed by atoms with E-state index < -0.39 is 12.1 Å². The van der Waals surface area contributed by atoms with Gasteiger partial charge in [-0.2, -0.15) is 0 Å². The van der Waals surface area contributed by atoms with Crippen LogP contribution in [0, 0.1) is 11.8 Å². The third-order valence-corrected chi connectivity index (χ3v) is 7.21. The highest BCUT2D eigenvalue weighted by molar-refractivity contribution is 5.83. The quantitative estimate of drug-likeness (QED) is 0.547. The number of carbonyl (C=O) groups excluding carboxylic acids is 2. The van der Waals surface area contributed by atoms with E-state index in [9.17, 15) is 19.5 Å². The molecule has 4 rings (SSSR count). The van der Waals surface area contributed by atoms with Crippen LogP contribution < -0.4 is 5.32 Å². The molecule has 35 heavy (non-hydrogen) atoms. The van der Waals surface area contributed by atoms with Crippen LogP contribution in [0.3, 0.4) is 0 Å². The summed E-state index contributed by atoms with van der Waals surface area (Å²) in [4.78, 5) is 38.4. The molecule has 1 saturated carbocycles. The van der Waals surface area contributed by atoms with Crippen molar-refractivity contribution in [1.82, 2.24) is 10.2 Å². The molecule has 2 unspecified atom stereocenters. The van der Waals surface area contributed by atoms with Crippen LogP contribution in [0.1, 0.15) is 56.1 Å². The Morgan fingerprint density at radius 1 is 1.00 bits per heavy atom. The lowest BCUT2D eigenvalue weighted by molar-refractivity contribution is -0.147. The zero-order valence-electron chi connectivity index (χ0n) is 20.2. The molecule has 2 atom stereocenters.